The maximum atomic E-state index is 11.9. The number of benzene rings is 2. The van der Waals surface area contributed by atoms with Gasteiger partial charge in [0, 0.05) is 11.3 Å². The zero-order valence-corrected chi connectivity index (χ0v) is 16.4. The van der Waals surface area contributed by atoms with E-state index in [1.54, 1.807) is 12.1 Å². The lowest BCUT2D eigenvalue weighted by Gasteiger charge is -2.12. The number of nitrogens with one attached hydrogen (secondary N) is 2. The molecule has 0 fully saturated rings. The minimum absolute atomic E-state index is 0.0839. The van der Waals surface area contributed by atoms with Gasteiger partial charge in [0.25, 0.3) is 5.91 Å². The van der Waals surface area contributed by atoms with E-state index in [2.05, 4.69) is 15.8 Å². The Hall–Kier alpha value is -3.42. The van der Waals surface area contributed by atoms with Crippen LogP contribution >= 0.6 is 0 Å². The molecule has 150 valence electrons. The molecule has 0 saturated heterocycles. The summed E-state index contributed by atoms with van der Waals surface area (Å²) < 4.78 is 21.2. The number of hydrogen-bond donors (Lipinski definition) is 2. The standard InChI is InChI=1S/C20H25N3O5/c1-5-28-16-8-6-15(7-9-16)21-13-19(24)23-22-12-14-10-17(25-2)20(27-4)18(11-14)26-3/h6-12,21H,5,13H2,1-4H3,(H,23,24)/b22-12+. The molecule has 8 heteroatoms. The lowest BCUT2D eigenvalue weighted by Crippen LogP contribution is -2.25. The normalized spacial score (nSPS) is 10.4. The second-order valence-corrected chi connectivity index (χ2v) is 5.56. The highest BCUT2D eigenvalue weighted by atomic mass is 16.5. The maximum Gasteiger partial charge on any atom is 0.259 e. The maximum absolute atomic E-state index is 11.9. The summed E-state index contributed by atoms with van der Waals surface area (Å²) in [7, 11) is 4.60. The second kappa shape index (κ2) is 10.7. The third kappa shape index (κ3) is 5.80. The van der Waals surface area contributed by atoms with Gasteiger partial charge >= 0.3 is 0 Å². The lowest BCUT2D eigenvalue weighted by molar-refractivity contribution is -0.119. The zero-order chi connectivity index (χ0) is 20.4. The van der Waals surface area contributed by atoms with Gasteiger partial charge in [0.15, 0.2) is 11.5 Å². The first kappa shape index (κ1) is 20.9. The van der Waals surface area contributed by atoms with Crippen molar-refractivity contribution in [1.29, 1.82) is 0 Å². The quantitative estimate of drug-likeness (QED) is 0.481. The first-order valence-electron chi connectivity index (χ1n) is 8.69. The van der Waals surface area contributed by atoms with E-state index in [0.717, 1.165) is 11.4 Å². The molecule has 2 rings (SSSR count). The van der Waals surface area contributed by atoms with Crippen LogP contribution in [-0.2, 0) is 4.79 Å². The van der Waals surface area contributed by atoms with Crippen LogP contribution in [-0.4, -0.2) is 46.6 Å². The highest BCUT2D eigenvalue weighted by Crippen LogP contribution is 2.37. The Morgan fingerprint density at radius 2 is 1.68 bits per heavy atom. The number of carbonyl (C=O) groups is 1. The predicted molar refractivity (Wildman–Crippen MR) is 108 cm³/mol. The fourth-order valence-corrected chi connectivity index (χ4v) is 2.41. The van der Waals surface area contributed by atoms with Crippen molar-refractivity contribution in [3.8, 4) is 23.0 Å². The Bertz CT molecular complexity index is 781. The summed E-state index contributed by atoms with van der Waals surface area (Å²) in [5, 5.41) is 6.98. The van der Waals surface area contributed by atoms with Gasteiger partial charge in [0.1, 0.15) is 5.75 Å². The number of hydrogen-bond acceptors (Lipinski definition) is 7. The highest BCUT2D eigenvalue weighted by molar-refractivity contribution is 5.85. The van der Waals surface area contributed by atoms with Gasteiger partial charge in [-0.2, -0.15) is 5.10 Å². The molecular weight excluding hydrogens is 362 g/mol. The number of hydrazone groups is 1. The minimum atomic E-state index is -0.280. The Labute approximate surface area is 164 Å². The van der Waals surface area contributed by atoms with Crippen LogP contribution < -0.4 is 29.7 Å². The highest BCUT2D eigenvalue weighted by Gasteiger charge is 2.12. The molecule has 0 bridgehead atoms. The van der Waals surface area contributed by atoms with E-state index in [0.29, 0.717) is 29.4 Å². The van der Waals surface area contributed by atoms with Gasteiger partial charge in [0.2, 0.25) is 5.75 Å². The van der Waals surface area contributed by atoms with Gasteiger partial charge in [-0.15, -0.1) is 0 Å². The molecule has 8 nitrogen and oxygen atoms in total. The largest absolute Gasteiger partial charge is 0.494 e. The summed E-state index contributed by atoms with van der Waals surface area (Å²) in [6.07, 6.45) is 1.50. The van der Waals surface area contributed by atoms with E-state index in [4.69, 9.17) is 18.9 Å². The Balaban J connectivity index is 1.90. The number of methoxy groups -OCH3 is 3. The van der Waals surface area contributed by atoms with Crippen molar-refractivity contribution in [3.05, 3.63) is 42.0 Å². The van der Waals surface area contributed by atoms with Crippen LogP contribution in [0.15, 0.2) is 41.5 Å². The molecular formula is C20H25N3O5. The third-order valence-electron chi connectivity index (χ3n) is 3.71. The number of rotatable bonds is 10. The first-order valence-corrected chi connectivity index (χ1v) is 8.69. The smallest absolute Gasteiger partial charge is 0.259 e. The third-order valence-corrected chi connectivity index (χ3v) is 3.71. The van der Waals surface area contributed by atoms with Crippen LogP contribution in [0.3, 0.4) is 0 Å². The van der Waals surface area contributed by atoms with Crippen LogP contribution in [0, 0.1) is 0 Å². The molecule has 0 spiro atoms. The van der Waals surface area contributed by atoms with E-state index >= 15 is 0 Å². The summed E-state index contributed by atoms with van der Waals surface area (Å²) in [4.78, 5) is 11.9. The Morgan fingerprint density at radius 3 is 2.21 bits per heavy atom. The van der Waals surface area contributed by atoms with Gasteiger partial charge in [-0.3, -0.25) is 4.79 Å². The number of ether oxygens (including phenoxy) is 4. The number of amides is 1. The molecule has 0 aromatic heterocycles. The molecule has 0 aliphatic carbocycles. The molecule has 1 amide bonds. The molecule has 0 aliphatic heterocycles. The molecule has 0 saturated carbocycles. The van der Waals surface area contributed by atoms with Crippen molar-refractivity contribution in [3.63, 3.8) is 0 Å². The molecule has 2 aromatic carbocycles. The molecule has 2 N–H and O–H groups in total. The number of carbonyl (C=O) groups excluding carboxylic acids is 1. The lowest BCUT2D eigenvalue weighted by atomic mass is 10.2. The van der Waals surface area contributed by atoms with Crippen molar-refractivity contribution < 1.29 is 23.7 Å². The van der Waals surface area contributed by atoms with E-state index in [-0.39, 0.29) is 12.5 Å². The van der Waals surface area contributed by atoms with E-state index in [1.807, 2.05) is 31.2 Å². The number of anilines is 1. The van der Waals surface area contributed by atoms with E-state index in [9.17, 15) is 4.79 Å². The molecule has 0 aliphatic rings. The fraction of sp³-hybridized carbons (Fsp3) is 0.300. The Kier molecular flexibility index (Phi) is 7.95. The van der Waals surface area contributed by atoms with Gasteiger partial charge in [-0.05, 0) is 43.3 Å². The summed E-state index contributed by atoms with van der Waals surface area (Å²) in [5.41, 5.74) is 3.97. The van der Waals surface area contributed by atoms with Crippen molar-refractivity contribution in [2.75, 3.05) is 39.8 Å². The van der Waals surface area contributed by atoms with Gasteiger partial charge in [0.05, 0.1) is 40.7 Å². The predicted octanol–water partition coefficient (Wildman–Crippen LogP) is 2.67. The summed E-state index contributed by atoms with van der Waals surface area (Å²) in [6, 6.07) is 10.8. The minimum Gasteiger partial charge on any atom is -0.494 e. The van der Waals surface area contributed by atoms with Gasteiger partial charge < -0.3 is 24.3 Å². The summed E-state index contributed by atoms with van der Waals surface area (Å²) in [6.45, 7) is 2.62. The van der Waals surface area contributed by atoms with Crippen LogP contribution in [0.4, 0.5) is 5.69 Å². The number of nitrogens with zero attached hydrogens (tertiary/aromatic N) is 1. The van der Waals surface area contributed by atoms with Crippen molar-refractivity contribution in [2.24, 2.45) is 5.10 Å². The van der Waals surface area contributed by atoms with Crippen LogP contribution in [0.1, 0.15) is 12.5 Å². The van der Waals surface area contributed by atoms with Crippen LogP contribution in [0.2, 0.25) is 0 Å². The van der Waals surface area contributed by atoms with E-state index in [1.165, 1.54) is 27.5 Å². The first-order chi connectivity index (χ1) is 13.6. The van der Waals surface area contributed by atoms with Crippen molar-refractivity contribution in [1.82, 2.24) is 5.43 Å². The fourth-order valence-electron chi connectivity index (χ4n) is 2.41. The summed E-state index contributed by atoms with van der Waals surface area (Å²) in [5.74, 6) is 2.01. The van der Waals surface area contributed by atoms with Gasteiger partial charge in [-0.1, -0.05) is 0 Å². The van der Waals surface area contributed by atoms with Crippen LogP contribution in [0.5, 0.6) is 23.0 Å². The molecule has 0 unspecified atom stereocenters. The van der Waals surface area contributed by atoms with Crippen molar-refractivity contribution >= 4 is 17.8 Å². The topological polar surface area (TPSA) is 90.4 Å². The average Bonchev–Trinajstić information content (AvgIpc) is 2.72. The average molecular weight is 387 g/mol. The molecule has 28 heavy (non-hydrogen) atoms. The monoisotopic (exact) mass is 387 g/mol. The second-order valence-electron chi connectivity index (χ2n) is 5.56. The molecule has 0 heterocycles. The Morgan fingerprint density at radius 1 is 1.04 bits per heavy atom. The molecule has 0 radical (unpaired) electrons. The van der Waals surface area contributed by atoms with E-state index < -0.39 is 0 Å². The summed E-state index contributed by atoms with van der Waals surface area (Å²) >= 11 is 0. The molecule has 2 aromatic rings. The molecule has 0 atom stereocenters. The van der Waals surface area contributed by atoms with Gasteiger partial charge in [-0.25, -0.2) is 5.43 Å². The van der Waals surface area contributed by atoms with Crippen LogP contribution in [0.25, 0.3) is 0 Å². The zero-order valence-electron chi connectivity index (χ0n) is 16.4. The SMILES string of the molecule is CCOc1ccc(NCC(=O)N/N=C/c2cc(OC)c(OC)c(OC)c2)cc1. The van der Waals surface area contributed by atoms with Crippen molar-refractivity contribution in [2.45, 2.75) is 6.92 Å².